The van der Waals surface area contributed by atoms with Crippen molar-refractivity contribution in [3.8, 4) is 6.07 Å². The molecule has 0 bridgehead atoms. The van der Waals surface area contributed by atoms with E-state index in [9.17, 15) is 14.9 Å². The van der Waals surface area contributed by atoms with Gasteiger partial charge in [0.25, 0.3) is 5.91 Å². The normalized spacial score (nSPS) is 23.6. The van der Waals surface area contributed by atoms with Crippen molar-refractivity contribution in [2.45, 2.75) is 62.8 Å². The Hall–Kier alpha value is -2.39. The van der Waals surface area contributed by atoms with Gasteiger partial charge in [-0.3, -0.25) is 9.59 Å². The first-order valence-corrected chi connectivity index (χ1v) is 10.7. The van der Waals surface area contributed by atoms with Gasteiger partial charge in [0.2, 0.25) is 0 Å². The van der Waals surface area contributed by atoms with Gasteiger partial charge in [-0.15, -0.1) is 0 Å². The average Bonchev–Trinajstić information content (AvgIpc) is 2.79. The predicted molar refractivity (Wildman–Crippen MR) is 110 cm³/mol. The highest BCUT2D eigenvalue weighted by molar-refractivity contribution is 5.94. The summed E-state index contributed by atoms with van der Waals surface area (Å²) in [5, 5.41) is 16.2. The molecule has 2 fully saturated rings. The molecule has 1 heterocycles. The molecule has 0 unspecified atom stereocenters. The van der Waals surface area contributed by atoms with E-state index >= 15 is 0 Å². The number of carbonyl (C=O) groups is 2. The maximum atomic E-state index is 12.6. The number of carbonyl (C=O) groups excluding carboxylic acids is 2. The van der Waals surface area contributed by atoms with Crippen molar-refractivity contribution >= 4 is 11.9 Å². The molecule has 156 valence electrons. The molecular formula is C23H31N3O3. The molecule has 6 nitrogen and oxygen atoms in total. The van der Waals surface area contributed by atoms with E-state index in [0.29, 0.717) is 17.9 Å². The van der Waals surface area contributed by atoms with Crippen molar-refractivity contribution in [2.24, 2.45) is 5.92 Å². The number of benzene rings is 1. The van der Waals surface area contributed by atoms with Crippen LogP contribution in [0.2, 0.25) is 0 Å². The summed E-state index contributed by atoms with van der Waals surface area (Å²) in [7, 11) is 1.42. The summed E-state index contributed by atoms with van der Waals surface area (Å²) in [6, 6.07) is 10.2. The maximum Gasteiger partial charge on any atom is 0.305 e. The van der Waals surface area contributed by atoms with Gasteiger partial charge in [0.1, 0.15) is 0 Å². The minimum absolute atomic E-state index is 0.0501. The van der Waals surface area contributed by atoms with Crippen molar-refractivity contribution in [1.82, 2.24) is 10.6 Å². The van der Waals surface area contributed by atoms with E-state index in [1.165, 1.54) is 7.11 Å². The molecule has 1 aromatic rings. The molecule has 6 heteroatoms. The van der Waals surface area contributed by atoms with E-state index in [1.807, 2.05) is 24.3 Å². The largest absolute Gasteiger partial charge is 0.469 e. The number of hydrogen-bond donors (Lipinski definition) is 2. The van der Waals surface area contributed by atoms with Crippen LogP contribution in [0.3, 0.4) is 0 Å². The SMILES string of the molecule is COC(=O)CCC1CCC(NC(=O)c2ccc(C3(C#N)CCNCC3)cc2)CC1. The summed E-state index contributed by atoms with van der Waals surface area (Å²) >= 11 is 0. The monoisotopic (exact) mass is 397 g/mol. The number of piperidine rings is 1. The quantitative estimate of drug-likeness (QED) is 0.720. The van der Waals surface area contributed by atoms with Crippen LogP contribution in [0.5, 0.6) is 0 Å². The van der Waals surface area contributed by atoms with E-state index in [-0.39, 0.29) is 17.9 Å². The summed E-state index contributed by atoms with van der Waals surface area (Å²) in [4.78, 5) is 23.9. The minimum Gasteiger partial charge on any atom is -0.469 e. The van der Waals surface area contributed by atoms with Crippen LogP contribution in [-0.4, -0.2) is 38.1 Å². The molecule has 1 saturated carbocycles. The van der Waals surface area contributed by atoms with Crippen LogP contribution >= 0.6 is 0 Å². The number of esters is 1. The molecule has 0 atom stereocenters. The van der Waals surface area contributed by atoms with Gasteiger partial charge in [0, 0.05) is 18.0 Å². The van der Waals surface area contributed by atoms with E-state index in [4.69, 9.17) is 4.74 Å². The molecule has 2 N–H and O–H groups in total. The Labute approximate surface area is 173 Å². The summed E-state index contributed by atoms with van der Waals surface area (Å²) in [5.74, 6) is 0.339. The smallest absolute Gasteiger partial charge is 0.305 e. The number of nitriles is 1. The second-order valence-electron chi connectivity index (χ2n) is 8.33. The van der Waals surface area contributed by atoms with Gasteiger partial charge in [-0.05, 0) is 81.6 Å². The van der Waals surface area contributed by atoms with Crippen LogP contribution in [0, 0.1) is 17.2 Å². The number of rotatable bonds is 6. The molecule has 0 aromatic heterocycles. The van der Waals surface area contributed by atoms with Crippen LogP contribution < -0.4 is 10.6 Å². The van der Waals surface area contributed by atoms with Gasteiger partial charge >= 0.3 is 5.97 Å². The lowest BCUT2D eigenvalue weighted by molar-refractivity contribution is -0.141. The standard InChI is InChI=1S/C23H31N3O3/c1-29-21(27)11-4-17-2-9-20(10-3-17)26-22(28)18-5-7-19(8-6-18)23(16-24)12-14-25-15-13-23/h5-8,17,20,25H,2-4,9-15H2,1H3,(H,26,28). The van der Waals surface area contributed by atoms with Gasteiger partial charge in [-0.1, -0.05) is 12.1 Å². The molecule has 1 aromatic carbocycles. The van der Waals surface area contributed by atoms with Crippen LogP contribution in [-0.2, 0) is 14.9 Å². The first-order valence-electron chi connectivity index (χ1n) is 10.7. The highest BCUT2D eigenvalue weighted by Gasteiger charge is 2.34. The molecular weight excluding hydrogens is 366 g/mol. The lowest BCUT2D eigenvalue weighted by Crippen LogP contribution is -2.39. The lowest BCUT2D eigenvalue weighted by atomic mass is 9.74. The molecule has 1 aliphatic heterocycles. The Morgan fingerprint density at radius 2 is 1.83 bits per heavy atom. The van der Waals surface area contributed by atoms with Crippen molar-refractivity contribution in [2.75, 3.05) is 20.2 Å². The Kier molecular flexibility index (Phi) is 7.27. The Morgan fingerprint density at radius 3 is 2.41 bits per heavy atom. The molecule has 3 rings (SSSR count). The molecule has 1 saturated heterocycles. The van der Waals surface area contributed by atoms with Crippen molar-refractivity contribution in [3.05, 3.63) is 35.4 Å². The number of hydrogen-bond acceptors (Lipinski definition) is 5. The third-order valence-electron chi connectivity index (χ3n) is 6.54. The fraction of sp³-hybridized carbons (Fsp3) is 0.609. The lowest BCUT2D eigenvalue weighted by Gasteiger charge is -2.31. The van der Waals surface area contributed by atoms with Crippen molar-refractivity contribution in [3.63, 3.8) is 0 Å². The van der Waals surface area contributed by atoms with E-state index < -0.39 is 5.41 Å². The number of nitrogens with one attached hydrogen (secondary N) is 2. The van der Waals surface area contributed by atoms with E-state index in [2.05, 4.69) is 16.7 Å². The van der Waals surface area contributed by atoms with Gasteiger partial charge < -0.3 is 15.4 Å². The van der Waals surface area contributed by atoms with Gasteiger partial charge in [0.15, 0.2) is 0 Å². The zero-order valence-corrected chi connectivity index (χ0v) is 17.2. The number of ether oxygens (including phenoxy) is 1. The first-order chi connectivity index (χ1) is 14.1. The number of nitrogens with zero attached hydrogens (tertiary/aromatic N) is 1. The first kappa shape index (κ1) is 21.3. The summed E-state index contributed by atoms with van der Waals surface area (Å²) in [6.07, 6.45) is 6.89. The third kappa shape index (κ3) is 5.36. The van der Waals surface area contributed by atoms with Crippen molar-refractivity contribution in [1.29, 1.82) is 5.26 Å². The third-order valence-corrected chi connectivity index (χ3v) is 6.54. The minimum atomic E-state index is -0.442. The van der Waals surface area contributed by atoms with E-state index in [1.54, 1.807) is 0 Å². The van der Waals surface area contributed by atoms with Gasteiger partial charge in [-0.25, -0.2) is 0 Å². The molecule has 2 aliphatic rings. The molecule has 0 radical (unpaired) electrons. The van der Waals surface area contributed by atoms with Crippen LogP contribution in [0.1, 0.15) is 67.3 Å². The Morgan fingerprint density at radius 1 is 1.17 bits per heavy atom. The highest BCUT2D eigenvalue weighted by Crippen LogP contribution is 2.33. The maximum absolute atomic E-state index is 12.6. The molecule has 1 aliphatic carbocycles. The van der Waals surface area contributed by atoms with Crippen LogP contribution in [0.25, 0.3) is 0 Å². The zero-order valence-electron chi connectivity index (χ0n) is 17.2. The summed E-state index contributed by atoms with van der Waals surface area (Å²) in [5.41, 5.74) is 1.20. The second-order valence-corrected chi connectivity index (χ2v) is 8.33. The fourth-order valence-electron chi connectivity index (χ4n) is 4.55. The summed E-state index contributed by atoms with van der Waals surface area (Å²) in [6.45, 7) is 1.69. The molecule has 1 amide bonds. The molecule has 0 spiro atoms. The Bertz CT molecular complexity index is 740. The average molecular weight is 398 g/mol. The molecule has 29 heavy (non-hydrogen) atoms. The summed E-state index contributed by atoms with van der Waals surface area (Å²) < 4.78 is 4.71. The van der Waals surface area contributed by atoms with Gasteiger partial charge in [0.05, 0.1) is 18.6 Å². The van der Waals surface area contributed by atoms with Gasteiger partial charge in [-0.2, -0.15) is 5.26 Å². The van der Waals surface area contributed by atoms with Crippen LogP contribution in [0.4, 0.5) is 0 Å². The topological polar surface area (TPSA) is 91.2 Å². The fourth-order valence-corrected chi connectivity index (χ4v) is 4.55. The van der Waals surface area contributed by atoms with Crippen LogP contribution in [0.15, 0.2) is 24.3 Å². The zero-order chi connectivity index (χ0) is 20.7. The van der Waals surface area contributed by atoms with Crippen molar-refractivity contribution < 1.29 is 14.3 Å². The predicted octanol–water partition coefficient (Wildman–Crippen LogP) is 3.07. The second kappa shape index (κ2) is 9.89. The number of amides is 1. The highest BCUT2D eigenvalue weighted by atomic mass is 16.5. The number of methoxy groups -OCH3 is 1. The van der Waals surface area contributed by atoms with E-state index in [0.717, 1.165) is 63.6 Å². The Balaban J connectivity index is 1.50.